The third-order valence-electron chi connectivity index (χ3n) is 3.48. The molecule has 16 heavy (non-hydrogen) atoms. The van der Waals surface area contributed by atoms with Crippen LogP contribution in [0.2, 0.25) is 0 Å². The fourth-order valence-electron chi connectivity index (χ4n) is 1.97. The lowest BCUT2D eigenvalue weighted by atomic mass is 10.3. The molecule has 0 bridgehead atoms. The molecule has 1 aromatic rings. The molecule has 3 nitrogen and oxygen atoms in total. The maximum Gasteiger partial charge on any atom is 0.135 e. The molecule has 2 saturated carbocycles. The van der Waals surface area contributed by atoms with Crippen molar-refractivity contribution in [3.05, 3.63) is 16.5 Å². The number of hydrogen-bond acceptors (Lipinski definition) is 3. The Hall–Kier alpha value is -0.640. The average Bonchev–Trinajstić information content (AvgIpc) is 3.10. The van der Waals surface area contributed by atoms with Crippen molar-refractivity contribution in [2.24, 2.45) is 11.8 Å². The zero-order valence-corrected chi connectivity index (χ0v) is 11.0. The number of nitrogens with zero attached hydrogens (tertiary/aromatic N) is 2. The van der Waals surface area contributed by atoms with Gasteiger partial charge in [-0.15, -0.1) is 0 Å². The van der Waals surface area contributed by atoms with Crippen LogP contribution in [0.3, 0.4) is 0 Å². The van der Waals surface area contributed by atoms with E-state index < -0.39 is 0 Å². The second kappa shape index (κ2) is 3.99. The molecular formula is C12H16BrN3. The van der Waals surface area contributed by atoms with Crippen molar-refractivity contribution >= 4 is 21.7 Å². The van der Waals surface area contributed by atoms with E-state index >= 15 is 0 Å². The van der Waals surface area contributed by atoms with Gasteiger partial charge in [-0.3, -0.25) is 0 Å². The summed E-state index contributed by atoms with van der Waals surface area (Å²) in [5.41, 5.74) is 0. The highest BCUT2D eigenvalue weighted by Crippen LogP contribution is 2.39. The first-order valence-corrected chi connectivity index (χ1v) is 6.80. The summed E-state index contributed by atoms with van der Waals surface area (Å²) in [6.07, 6.45) is 3.85. The standard InChI is InChI=1S/C12H16BrN3/c1-7-4-9(7)6-14-11-5-10(13)15-12(16-11)8-2-3-8/h5,7-9H,2-4,6H2,1H3,(H,14,15,16). The van der Waals surface area contributed by atoms with Gasteiger partial charge in [0.1, 0.15) is 16.2 Å². The molecule has 3 rings (SSSR count). The Kier molecular flexibility index (Phi) is 2.62. The second-order valence-corrected chi connectivity index (χ2v) is 5.87. The van der Waals surface area contributed by atoms with E-state index in [4.69, 9.17) is 0 Å². The highest BCUT2D eigenvalue weighted by molar-refractivity contribution is 9.10. The predicted octanol–water partition coefficient (Wildman–Crippen LogP) is 3.18. The lowest BCUT2D eigenvalue weighted by Gasteiger charge is -2.07. The van der Waals surface area contributed by atoms with Crippen molar-refractivity contribution in [3.63, 3.8) is 0 Å². The molecule has 2 aliphatic rings. The Labute approximate surface area is 104 Å². The van der Waals surface area contributed by atoms with Crippen LogP contribution < -0.4 is 5.32 Å². The number of anilines is 1. The normalized spacial score (nSPS) is 27.9. The van der Waals surface area contributed by atoms with Crippen molar-refractivity contribution < 1.29 is 0 Å². The zero-order valence-electron chi connectivity index (χ0n) is 9.41. The monoisotopic (exact) mass is 281 g/mol. The van der Waals surface area contributed by atoms with Gasteiger partial charge < -0.3 is 5.32 Å². The van der Waals surface area contributed by atoms with E-state index in [9.17, 15) is 0 Å². The third-order valence-corrected chi connectivity index (χ3v) is 3.88. The molecule has 2 fully saturated rings. The first-order valence-electron chi connectivity index (χ1n) is 6.00. The summed E-state index contributed by atoms with van der Waals surface area (Å²) in [7, 11) is 0. The summed E-state index contributed by atoms with van der Waals surface area (Å²) < 4.78 is 0.899. The third kappa shape index (κ3) is 2.37. The molecule has 86 valence electrons. The van der Waals surface area contributed by atoms with E-state index in [-0.39, 0.29) is 0 Å². The molecule has 1 aromatic heterocycles. The van der Waals surface area contributed by atoms with Gasteiger partial charge in [0.25, 0.3) is 0 Å². The number of hydrogen-bond donors (Lipinski definition) is 1. The van der Waals surface area contributed by atoms with E-state index in [1.165, 1.54) is 19.3 Å². The van der Waals surface area contributed by atoms with Gasteiger partial charge >= 0.3 is 0 Å². The van der Waals surface area contributed by atoms with Gasteiger partial charge in [-0.1, -0.05) is 6.92 Å². The number of rotatable bonds is 4. The topological polar surface area (TPSA) is 37.8 Å². The first kappa shape index (κ1) is 10.5. The summed E-state index contributed by atoms with van der Waals surface area (Å²) in [5.74, 6) is 4.32. The van der Waals surface area contributed by atoms with E-state index in [2.05, 4.69) is 38.1 Å². The van der Waals surface area contributed by atoms with Crippen LogP contribution in [-0.4, -0.2) is 16.5 Å². The Bertz CT molecular complexity index is 403. The van der Waals surface area contributed by atoms with Crippen LogP contribution >= 0.6 is 15.9 Å². The zero-order chi connectivity index (χ0) is 11.1. The van der Waals surface area contributed by atoms with Crippen LogP contribution in [0.25, 0.3) is 0 Å². The fourth-order valence-corrected chi connectivity index (χ4v) is 2.37. The SMILES string of the molecule is CC1CC1CNc1cc(Br)nc(C2CC2)n1. The molecule has 0 aromatic carbocycles. The Balaban J connectivity index is 1.68. The summed E-state index contributed by atoms with van der Waals surface area (Å²) in [6, 6.07) is 1.97. The smallest absolute Gasteiger partial charge is 0.135 e. The van der Waals surface area contributed by atoms with Crippen LogP contribution in [0.15, 0.2) is 10.7 Å². The molecule has 1 N–H and O–H groups in total. The minimum atomic E-state index is 0.609. The van der Waals surface area contributed by atoms with Crippen molar-refractivity contribution in [3.8, 4) is 0 Å². The van der Waals surface area contributed by atoms with Crippen molar-refractivity contribution in [1.82, 2.24) is 9.97 Å². The van der Waals surface area contributed by atoms with Gasteiger partial charge in [-0.25, -0.2) is 9.97 Å². The van der Waals surface area contributed by atoms with Crippen LogP contribution in [0.1, 0.15) is 37.9 Å². The fraction of sp³-hybridized carbons (Fsp3) is 0.667. The number of nitrogens with one attached hydrogen (secondary N) is 1. The molecule has 0 saturated heterocycles. The van der Waals surface area contributed by atoms with E-state index in [0.717, 1.165) is 34.6 Å². The highest BCUT2D eigenvalue weighted by Gasteiger charge is 2.32. The second-order valence-electron chi connectivity index (χ2n) is 5.06. The number of aromatic nitrogens is 2. The van der Waals surface area contributed by atoms with E-state index in [1.54, 1.807) is 0 Å². The minimum Gasteiger partial charge on any atom is -0.370 e. The Morgan fingerprint density at radius 1 is 1.44 bits per heavy atom. The number of halogens is 1. The van der Waals surface area contributed by atoms with Gasteiger partial charge in [-0.2, -0.15) is 0 Å². The van der Waals surface area contributed by atoms with Gasteiger partial charge in [-0.05, 0) is 47.0 Å². The molecule has 4 heteroatoms. The maximum absolute atomic E-state index is 4.57. The van der Waals surface area contributed by atoms with Gasteiger partial charge in [0.2, 0.25) is 0 Å². The largest absolute Gasteiger partial charge is 0.370 e. The van der Waals surface area contributed by atoms with E-state index in [0.29, 0.717) is 5.92 Å². The molecule has 2 unspecified atom stereocenters. The summed E-state index contributed by atoms with van der Waals surface area (Å²) in [4.78, 5) is 8.99. The first-order chi connectivity index (χ1) is 7.72. The average molecular weight is 282 g/mol. The summed E-state index contributed by atoms with van der Waals surface area (Å²) in [6.45, 7) is 3.35. The molecule has 1 heterocycles. The Morgan fingerprint density at radius 3 is 2.81 bits per heavy atom. The summed E-state index contributed by atoms with van der Waals surface area (Å²) in [5, 5.41) is 3.42. The maximum atomic E-state index is 4.57. The van der Waals surface area contributed by atoms with E-state index in [1.807, 2.05) is 6.07 Å². The molecule has 2 atom stereocenters. The minimum absolute atomic E-state index is 0.609. The lowest BCUT2D eigenvalue weighted by molar-refractivity contribution is 0.781. The molecular weight excluding hydrogens is 266 g/mol. The van der Waals surface area contributed by atoms with Crippen molar-refractivity contribution in [1.29, 1.82) is 0 Å². The van der Waals surface area contributed by atoms with Crippen molar-refractivity contribution in [2.45, 2.75) is 32.1 Å². The lowest BCUT2D eigenvalue weighted by Crippen LogP contribution is -2.07. The van der Waals surface area contributed by atoms with Crippen LogP contribution in [0.5, 0.6) is 0 Å². The Morgan fingerprint density at radius 2 is 2.19 bits per heavy atom. The van der Waals surface area contributed by atoms with Gasteiger partial charge in [0, 0.05) is 18.5 Å². The van der Waals surface area contributed by atoms with Gasteiger partial charge in [0.15, 0.2) is 0 Å². The molecule has 2 aliphatic carbocycles. The van der Waals surface area contributed by atoms with Crippen molar-refractivity contribution in [2.75, 3.05) is 11.9 Å². The molecule has 0 aliphatic heterocycles. The predicted molar refractivity (Wildman–Crippen MR) is 67.5 cm³/mol. The quantitative estimate of drug-likeness (QED) is 0.862. The molecule has 0 spiro atoms. The molecule has 0 radical (unpaired) electrons. The van der Waals surface area contributed by atoms with Crippen LogP contribution in [0, 0.1) is 11.8 Å². The van der Waals surface area contributed by atoms with Gasteiger partial charge in [0.05, 0.1) is 0 Å². The summed E-state index contributed by atoms with van der Waals surface area (Å²) >= 11 is 3.45. The van der Waals surface area contributed by atoms with Crippen LogP contribution in [0.4, 0.5) is 5.82 Å². The highest BCUT2D eigenvalue weighted by atomic mass is 79.9. The molecule has 0 amide bonds. The van der Waals surface area contributed by atoms with Crippen LogP contribution in [-0.2, 0) is 0 Å².